The lowest BCUT2D eigenvalue weighted by atomic mass is 9.83. The highest BCUT2D eigenvalue weighted by Gasteiger charge is 2.20. The average Bonchev–Trinajstić information content (AvgIpc) is 2.63. The molecule has 0 bridgehead atoms. The summed E-state index contributed by atoms with van der Waals surface area (Å²) in [7, 11) is 0. The molecule has 0 spiro atoms. The van der Waals surface area contributed by atoms with Crippen LogP contribution in [0.15, 0.2) is 0 Å². The largest absolute Gasteiger partial charge is 0.302 e. The van der Waals surface area contributed by atoms with Crippen LogP contribution in [0.5, 0.6) is 0 Å². The Morgan fingerprint density at radius 1 is 1.25 bits per heavy atom. The Labute approximate surface area is 102 Å². The van der Waals surface area contributed by atoms with Crippen molar-refractivity contribution < 1.29 is 0 Å². The van der Waals surface area contributed by atoms with E-state index in [0.717, 1.165) is 30.6 Å². The molecule has 90 valence electrons. The molecular weight excluding hydrogens is 222 g/mol. The predicted octanol–water partition coefficient (Wildman–Crippen LogP) is 3.32. The number of aryl methyl sites for hydroxylation is 1. The molecule has 3 nitrogen and oxygen atoms in total. The first-order chi connectivity index (χ1) is 7.70. The Balaban J connectivity index is 2.00. The molecular formula is C12H20ClN3. The molecule has 0 N–H and O–H groups in total. The van der Waals surface area contributed by atoms with Gasteiger partial charge in [0.2, 0.25) is 5.28 Å². The number of rotatable bonds is 3. The number of aromatic nitrogens is 3. The second kappa shape index (κ2) is 5.17. The van der Waals surface area contributed by atoms with E-state index < -0.39 is 0 Å². The molecule has 0 aromatic carbocycles. The van der Waals surface area contributed by atoms with Crippen molar-refractivity contribution in [2.75, 3.05) is 0 Å². The number of hydrogen-bond acceptors (Lipinski definition) is 2. The maximum atomic E-state index is 6.06. The minimum atomic E-state index is 0.551. The van der Waals surface area contributed by atoms with E-state index in [1.54, 1.807) is 0 Å². The van der Waals surface area contributed by atoms with Crippen molar-refractivity contribution in [3.05, 3.63) is 11.1 Å². The zero-order valence-electron chi connectivity index (χ0n) is 10.1. The summed E-state index contributed by atoms with van der Waals surface area (Å²) in [5, 5.41) is 8.59. The molecule has 2 rings (SSSR count). The molecule has 0 saturated heterocycles. The quantitative estimate of drug-likeness (QED) is 0.813. The van der Waals surface area contributed by atoms with Crippen molar-refractivity contribution in [2.24, 2.45) is 11.8 Å². The lowest BCUT2D eigenvalue weighted by molar-refractivity contribution is 0.263. The van der Waals surface area contributed by atoms with Crippen LogP contribution in [0.4, 0.5) is 0 Å². The van der Waals surface area contributed by atoms with Gasteiger partial charge in [0, 0.05) is 13.0 Å². The van der Waals surface area contributed by atoms with Crippen LogP contribution < -0.4 is 0 Å². The molecule has 16 heavy (non-hydrogen) atoms. The van der Waals surface area contributed by atoms with Crippen molar-refractivity contribution in [1.29, 1.82) is 0 Å². The van der Waals surface area contributed by atoms with Crippen LogP contribution in [0.3, 0.4) is 0 Å². The number of hydrogen-bond donors (Lipinski definition) is 0. The van der Waals surface area contributed by atoms with Crippen molar-refractivity contribution in [3.63, 3.8) is 0 Å². The van der Waals surface area contributed by atoms with Gasteiger partial charge in [-0.1, -0.05) is 26.7 Å². The first-order valence-corrected chi connectivity index (χ1v) is 6.66. The minimum Gasteiger partial charge on any atom is -0.302 e. The number of nitrogens with zero attached hydrogens (tertiary/aromatic N) is 3. The van der Waals surface area contributed by atoms with Crippen molar-refractivity contribution in [3.8, 4) is 0 Å². The summed E-state index contributed by atoms with van der Waals surface area (Å²) in [6.45, 7) is 5.45. The second-order valence-corrected chi connectivity index (χ2v) is 5.31. The number of halogens is 1. The van der Waals surface area contributed by atoms with Gasteiger partial charge in [-0.05, 0) is 36.3 Å². The van der Waals surface area contributed by atoms with Gasteiger partial charge in [-0.25, -0.2) is 0 Å². The summed E-state index contributed by atoms with van der Waals surface area (Å²) in [4.78, 5) is 0. The van der Waals surface area contributed by atoms with Gasteiger partial charge in [0.15, 0.2) is 0 Å². The fourth-order valence-corrected chi connectivity index (χ4v) is 2.73. The molecule has 1 heterocycles. The molecule has 0 unspecified atom stereocenters. The lowest BCUT2D eigenvalue weighted by Gasteiger charge is -2.26. The Hall–Kier alpha value is -0.570. The monoisotopic (exact) mass is 241 g/mol. The molecule has 4 heteroatoms. The third-order valence-corrected chi connectivity index (χ3v) is 3.95. The highest BCUT2D eigenvalue weighted by Crippen LogP contribution is 2.30. The summed E-state index contributed by atoms with van der Waals surface area (Å²) in [6.07, 6.45) is 6.25. The smallest absolute Gasteiger partial charge is 0.225 e. The molecule has 1 aliphatic carbocycles. The van der Waals surface area contributed by atoms with Crippen LogP contribution in [0.1, 0.15) is 45.4 Å². The van der Waals surface area contributed by atoms with E-state index in [9.17, 15) is 0 Å². The van der Waals surface area contributed by atoms with E-state index in [0.29, 0.717) is 5.28 Å². The van der Waals surface area contributed by atoms with E-state index in [4.69, 9.17) is 11.6 Å². The molecule has 1 fully saturated rings. The summed E-state index contributed by atoms with van der Waals surface area (Å²) in [5.41, 5.74) is 0. The molecule has 0 atom stereocenters. The van der Waals surface area contributed by atoms with E-state index in [2.05, 4.69) is 28.6 Å². The highest BCUT2D eigenvalue weighted by atomic mass is 35.5. The second-order valence-electron chi connectivity index (χ2n) is 4.98. The molecule has 1 aromatic heterocycles. The Bertz CT molecular complexity index is 340. The van der Waals surface area contributed by atoms with Crippen molar-refractivity contribution >= 4 is 11.6 Å². The third-order valence-electron chi connectivity index (χ3n) is 3.67. The Morgan fingerprint density at radius 2 is 1.94 bits per heavy atom. The van der Waals surface area contributed by atoms with Crippen molar-refractivity contribution in [1.82, 2.24) is 14.8 Å². The lowest BCUT2D eigenvalue weighted by Crippen LogP contribution is -2.19. The zero-order valence-corrected chi connectivity index (χ0v) is 10.9. The molecule has 0 radical (unpaired) electrons. The van der Waals surface area contributed by atoms with Crippen LogP contribution in [-0.4, -0.2) is 14.8 Å². The van der Waals surface area contributed by atoms with Crippen LogP contribution in [-0.2, 0) is 13.0 Å². The van der Waals surface area contributed by atoms with Gasteiger partial charge in [-0.15, -0.1) is 10.2 Å². The maximum absolute atomic E-state index is 6.06. The van der Waals surface area contributed by atoms with E-state index >= 15 is 0 Å². The minimum absolute atomic E-state index is 0.551. The topological polar surface area (TPSA) is 30.7 Å². The van der Waals surface area contributed by atoms with Gasteiger partial charge in [0.1, 0.15) is 5.82 Å². The van der Waals surface area contributed by atoms with Crippen LogP contribution >= 0.6 is 11.6 Å². The molecule has 0 amide bonds. The van der Waals surface area contributed by atoms with Crippen molar-refractivity contribution in [2.45, 2.75) is 52.5 Å². The fraction of sp³-hybridized carbons (Fsp3) is 0.833. The fourth-order valence-electron chi connectivity index (χ4n) is 2.53. The normalized spacial score (nSPS) is 25.9. The van der Waals surface area contributed by atoms with E-state index in [1.165, 1.54) is 25.7 Å². The Morgan fingerprint density at radius 3 is 2.56 bits per heavy atom. The van der Waals surface area contributed by atoms with Gasteiger partial charge in [0.25, 0.3) is 0 Å². The van der Waals surface area contributed by atoms with Gasteiger partial charge in [0.05, 0.1) is 0 Å². The molecule has 0 aliphatic heterocycles. The zero-order chi connectivity index (χ0) is 11.5. The first kappa shape index (κ1) is 11.9. The van der Waals surface area contributed by atoms with Gasteiger partial charge in [-0.2, -0.15) is 0 Å². The van der Waals surface area contributed by atoms with Gasteiger partial charge in [-0.3, -0.25) is 0 Å². The summed E-state index contributed by atoms with van der Waals surface area (Å²) in [5.74, 6) is 2.68. The summed E-state index contributed by atoms with van der Waals surface area (Å²) >= 11 is 6.06. The molecule has 1 saturated carbocycles. The summed E-state index contributed by atoms with van der Waals surface area (Å²) < 4.78 is 2.09. The van der Waals surface area contributed by atoms with Gasteiger partial charge < -0.3 is 4.57 Å². The van der Waals surface area contributed by atoms with E-state index in [-0.39, 0.29) is 0 Å². The van der Waals surface area contributed by atoms with Crippen LogP contribution in [0.25, 0.3) is 0 Å². The summed E-state index contributed by atoms with van der Waals surface area (Å²) in [6, 6.07) is 0. The standard InChI is InChI=1S/C12H20ClN3/c1-3-11-14-15-12(13)16(11)8-10-6-4-9(2)5-7-10/h9-10H,3-8H2,1-2H3. The SMILES string of the molecule is CCc1nnc(Cl)n1CC1CCC(C)CC1. The highest BCUT2D eigenvalue weighted by molar-refractivity contribution is 6.28. The maximum Gasteiger partial charge on any atom is 0.225 e. The molecule has 1 aliphatic rings. The molecule has 1 aromatic rings. The third kappa shape index (κ3) is 2.57. The van der Waals surface area contributed by atoms with E-state index in [1.807, 2.05) is 0 Å². The first-order valence-electron chi connectivity index (χ1n) is 6.28. The predicted molar refractivity (Wildman–Crippen MR) is 65.5 cm³/mol. The van der Waals surface area contributed by atoms with Crippen LogP contribution in [0.2, 0.25) is 5.28 Å². The Kier molecular flexibility index (Phi) is 3.85. The average molecular weight is 242 g/mol. The van der Waals surface area contributed by atoms with Crippen LogP contribution in [0, 0.1) is 11.8 Å². The van der Waals surface area contributed by atoms with Gasteiger partial charge >= 0.3 is 0 Å².